The number of amides is 2. The second-order valence-electron chi connectivity index (χ2n) is 5.95. The zero-order valence-corrected chi connectivity index (χ0v) is 13.6. The van der Waals surface area contributed by atoms with Gasteiger partial charge in [0.2, 0.25) is 0 Å². The van der Waals surface area contributed by atoms with E-state index in [9.17, 15) is 9.59 Å². The number of rotatable bonds is 5. The van der Waals surface area contributed by atoms with Crippen LogP contribution in [0, 0.1) is 0 Å². The number of aryl methyl sites for hydroxylation is 1. The predicted octanol–water partition coefficient (Wildman–Crippen LogP) is 2.31. The van der Waals surface area contributed by atoms with Crippen LogP contribution in [0.2, 0.25) is 0 Å². The highest BCUT2D eigenvalue weighted by Gasteiger charge is 2.28. The largest absolute Gasteiger partial charge is 0.484 e. The Kier molecular flexibility index (Phi) is 4.51. The zero-order valence-electron chi connectivity index (χ0n) is 13.6. The first-order valence-electron chi connectivity index (χ1n) is 7.92. The first kappa shape index (κ1) is 16.1. The number of hydrogen-bond acceptors (Lipinski definition) is 3. The molecule has 0 fully saturated rings. The fraction of sp³-hybridized carbons (Fsp3) is 0.263. The van der Waals surface area contributed by atoms with Crippen molar-refractivity contribution < 1.29 is 14.3 Å². The first-order valence-corrected chi connectivity index (χ1v) is 7.92. The van der Waals surface area contributed by atoms with Gasteiger partial charge in [-0.15, -0.1) is 0 Å². The molecule has 5 heteroatoms. The maximum Gasteiger partial charge on any atom is 0.255 e. The molecule has 3 rings (SSSR count). The van der Waals surface area contributed by atoms with Crippen molar-refractivity contribution >= 4 is 11.8 Å². The van der Waals surface area contributed by atoms with Crippen molar-refractivity contribution in [2.75, 3.05) is 13.7 Å². The van der Waals surface area contributed by atoms with Crippen molar-refractivity contribution in [2.24, 2.45) is 5.73 Å². The lowest BCUT2D eigenvalue weighted by Crippen LogP contribution is -2.30. The minimum atomic E-state index is -0.550. The van der Waals surface area contributed by atoms with Gasteiger partial charge < -0.3 is 15.4 Å². The molecule has 0 saturated heterocycles. The molecule has 0 spiro atoms. The fourth-order valence-corrected chi connectivity index (χ4v) is 3.16. The van der Waals surface area contributed by atoms with E-state index in [0.29, 0.717) is 11.3 Å². The molecule has 1 aliphatic carbocycles. The third-order valence-corrected chi connectivity index (χ3v) is 4.35. The van der Waals surface area contributed by atoms with E-state index in [2.05, 4.69) is 12.1 Å². The van der Waals surface area contributed by atoms with E-state index in [0.717, 1.165) is 12.8 Å². The summed E-state index contributed by atoms with van der Waals surface area (Å²) in [6.45, 7) is -0.205. The maximum absolute atomic E-state index is 12.8. The molecule has 0 heterocycles. The van der Waals surface area contributed by atoms with Gasteiger partial charge >= 0.3 is 0 Å². The molecule has 124 valence electrons. The molecule has 1 unspecified atom stereocenters. The van der Waals surface area contributed by atoms with Crippen LogP contribution in [-0.2, 0) is 11.2 Å². The van der Waals surface area contributed by atoms with Crippen molar-refractivity contribution in [3.8, 4) is 5.75 Å². The normalized spacial score (nSPS) is 15.6. The average Bonchev–Trinajstić information content (AvgIpc) is 3.03. The maximum atomic E-state index is 12.8. The molecule has 0 aromatic heterocycles. The highest BCUT2D eigenvalue weighted by atomic mass is 16.5. The van der Waals surface area contributed by atoms with Gasteiger partial charge in [0.05, 0.1) is 6.04 Å². The number of hydrogen-bond donors (Lipinski definition) is 1. The Morgan fingerprint density at radius 3 is 2.79 bits per heavy atom. The van der Waals surface area contributed by atoms with E-state index in [1.165, 1.54) is 11.1 Å². The van der Waals surface area contributed by atoms with E-state index in [1.54, 1.807) is 29.2 Å². The lowest BCUT2D eigenvalue weighted by Gasteiger charge is -2.25. The summed E-state index contributed by atoms with van der Waals surface area (Å²) in [6.07, 6.45) is 1.92. The summed E-state index contributed by atoms with van der Waals surface area (Å²) in [4.78, 5) is 25.4. The zero-order chi connectivity index (χ0) is 17.1. The predicted molar refractivity (Wildman–Crippen MR) is 90.7 cm³/mol. The van der Waals surface area contributed by atoms with Crippen LogP contribution in [0.3, 0.4) is 0 Å². The van der Waals surface area contributed by atoms with E-state index < -0.39 is 5.91 Å². The number of ether oxygens (including phenoxy) is 1. The van der Waals surface area contributed by atoms with Crippen LogP contribution >= 0.6 is 0 Å². The molecule has 0 aliphatic heterocycles. The molecule has 2 N–H and O–H groups in total. The molecule has 1 aliphatic rings. The number of nitrogens with zero attached hydrogens (tertiary/aromatic N) is 1. The quantitative estimate of drug-likeness (QED) is 0.917. The lowest BCUT2D eigenvalue weighted by atomic mass is 10.1. The molecule has 0 bridgehead atoms. The minimum absolute atomic E-state index is 0.0683. The Bertz CT molecular complexity index is 773. The molecular weight excluding hydrogens is 304 g/mol. The smallest absolute Gasteiger partial charge is 0.255 e. The van der Waals surface area contributed by atoms with Crippen molar-refractivity contribution in [1.29, 1.82) is 0 Å². The Morgan fingerprint density at radius 1 is 1.21 bits per heavy atom. The molecule has 5 nitrogen and oxygen atoms in total. The summed E-state index contributed by atoms with van der Waals surface area (Å²) >= 11 is 0. The second kappa shape index (κ2) is 6.74. The minimum Gasteiger partial charge on any atom is -0.484 e. The standard InChI is InChI=1S/C19H20N2O3/c1-21(17-10-9-13-5-2-3-8-16(13)17)19(23)14-6-4-7-15(11-14)24-12-18(20)22/h2-8,11,17H,9-10,12H2,1H3,(H2,20,22). The Hall–Kier alpha value is -2.82. The van der Waals surface area contributed by atoms with Crippen LogP contribution in [0.5, 0.6) is 5.75 Å². The van der Waals surface area contributed by atoms with Crippen LogP contribution in [-0.4, -0.2) is 30.4 Å². The molecule has 2 aromatic carbocycles. The van der Waals surface area contributed by atoms with Gasteiger partial charge in [0.25, 0.3) is 11.8 Å². The van der Waals surface area contributed by atoms with Gasteiger partial charge in [-0.25, -0.2) is 0 Å². The second-order valence-corrected chi connectivity index (χ2v) is 5.95. The van der Waals surface area contributed by atoms with E-state index >= 15 is 0 Å². The monoisotopic (exact) mass is 324 g/mol. The van der Waals surface area contributed by atoms with Crippen molar-refractivity contribution in [2.45, 2.75) is 18.9 Å². The number of nitrogens with two attached hydrogens (primary N) is 1. The average molecular weight is 324 g/mol. The summed E-state index contributed by atoms with van der Waals surface area (Å²) in [5, 5.41) is 0. The van der Waals surface area contributed by atoms with Gasteiger partial charge in [0, 0.05) is 12.6 Å². The number of carbonyl (C=O) groups excluding carboxylic acids is 2. The summed E-state index contributed by atoms with van der Waals surface area (Å²) in [5.74, 6) is -0.160. The summed E-state index contributed by atoms with van der Waals surface area (Å²) in [7, 11) is 1.83. The van der Waals surface area contributed by atoms with Crippen LogP contribution in [0.4, 0.5) is 0 Å². The number of benzene rings is 2. The van der Waals surface area contributed by atoms with Crippen molar-refractivity contribution in [3.05, 3.63) is 65.2 Å². The number of primary amides is 1. The third-order valence-electron chi connectivity index (χ3n) is 4.35. The van der Waals surface area contributed by atoms with Crippen molar-refractivity contribution in [3.63, 3.8) is 0 Å². The molecule has 0 radical (unpaired) electrons. The van der Waals surface area contributed by atoms with E-state index in [-0.39, 0.29) is 18.6 Å². The highest BCUT2D eigenvalue weighted by molar-refractivity contribution is 5.94. The Morgan fingerprint density at radius 2 is 2.00 bits per heavy atom. The Labute approximate surface area is 141 Å². The van der Waals surface area contributed by atoms with Gasteiger partial charge in [-0.3, -0.25) is 9.59 Å². The molecule has 2 aromatic rings. The number of carbonyl (C=O) groups is 2. The van der Waals surface area contributed by atoms with Crippen LogP contribution in [0.1, 0.15) is 33.9 Å². The van der Waals surface area contributed by atoms with Gasteiger partial charge in [-0.1, -0.05) is 30.3 Å². The van der Waals surface area contributed by atoms with E-state index in [1.807, 2.05) is 19.2 Å². The van der Waals surface area contributed by atoms with Crippen LogP contribution < -0.4 is 10.5 Å². The van der Waals surface area contributed by atoms with Gasteiger partial charge in [-0.2, -0.15) is 0 Å². The van der Waals surface area contributed by atoms with Gasteiger partial charge in [-0.05, 0) is 42.2 Å². The summed E-state index contributed by atoms with van der Waals surface area (Å²) < 4.78 is 5.27. The SMILES string of the molecule is CN(C(=O)c1cccc(OCC(N)=O)c1)C1CCc2ccccc21. The van der Waals surface area contributed by atoms with Crippen LogP contribution in [0.25, 0.3) is 0 Å². The molecule has 1 atom stereocenters. The summed E-state index contributed by atoms with van der Waals surface area (Å²) in [5.41, 5.74) is 8.13. The molecule has 24 heavy (non-hydrogen) atoms. The number of fused-ring (bicyclic) bond motifs is 1. The first-order chi connectivity index (χ1) is 11.6. The van der Waals surface area contributed by atoms with Gasteiger partial charge in [0.15, 0.2) is 6.61 Å². The topological polar surface area (TPSA) is 72.6 Å². The van der Waals surface area contributed by atoms with Crippen LogP contribution in [0.15, 0.2) is 48.5 Å². The van der Waals surface area contributed by atoms with Gasteiger partial charge in [0.1, 0.15) is 5.75 Å². The molecular formula is C19H20N2O3. The molecule has 2 amide bonds. The third kappa shape index (κ3) is 3.25. The lowest BCUT2D eigenvalue weighted by molar-refractivity contribution is -0.119. The molecule has 0 saturated carbocycles. The summed E-state index contributed by atoms with van der Waals surface area (Å²) in [6, 6.07) is 15.2. The van der Waals surface area contributed by atoms with E-state index in [4.69, 9.17) is 10.5 Å². The fourth-order valence-electron chi connectivity index (χ4n) is 3.16. The highest BCUT2D eigenvalue weighted by Crippen LogP contribution is 2.35. The van der Waals surface area contributed by atoms with Crippen molar-refractivity contribution in [1.82, 2.24) is 4.90 Å². The Balaban J connectivity index is 1.77.